The second-order valence-corrected chi connectivity index (χ2v) is 6.93. The van der Waals surface area contributed by atoms with Gasteiger partial charge in [0.25, 0.3) is 5.91 Å². The van der Waals surface area contributed by atoms with Gasteiger partial charge in [-0.2, -0.15) is 0 Å². The number of hydrogen-bond donors (Lipinski definition) is 1. The first kappa shape index (κ1) is 17.5. The van der Waals surface area contributed by atoms with Crippen LogP contribution in [0.25, 0.3) is 10.6 Å². The van der Waals surface area contributed by atoms with E-state index < -0.39 is 0 Å². The Hall–Kier alpha value is -2.37. The number of amides is 1. The van der Waals surface area contributed by atoms with Gasteiger partial charge in [0.2, 0.25) is 0 Å². The minimum absolute atomic E-state index is 0.0367. The first-order valence-electron chi connectivity index (χ1n) is 7.78. The summed E-state index contributed by atoms with van der Waals surface area (Å²) in [5.74, 6) is 0.434. The van der Waals surface area contributed by atoms with Gasteiger partial charge in [0.05, 0.1) is 12.2 Å². The smallest absolute Gasteiger partial charge is 0.258 e. The zero-order valence-corrected chi connectivity index (χ0v) is 15.2. The van der Waals surface area contributed by atoms with Gasteiger partial charge in [-0.25, -0.2) is 4.98 Å². The van der Waals surface area contributed by atoms with Crippen LogP contribution in [0, 0.1) is 6.92 Å². The van der Waals surface area contributed by atoms with E-state index in [4.69, 9.17) is 16.3 Å². The zero-order valence-electron chi connectivity index (χ0n) is 13.7. The molecule has 2 aromatic carbocycles. The summed E-state index contributed by atoms with van der Waals surface area (Å²) < 4.78 is 5.43. The molecule has 6 heteroatoms. The van der Waals surface area contributed by atoms with Gasteiger partial charge in [-0.3, -0.25) is 4.79 Å². The lowest BCUT2D eigenvalue weighted by Crippen LogP contribution is -2.28. The number of nitrogens with zero attached hydrogens (tertiary/aromatic N) is 1. The SMILES string of the molecule is Cc1nc(-c2ccccc2)sc1CNC(=O)COc1ccc(Cl)cc1. The number of aryl methyl sites for hydroxylation is 1. The molecule has 1 N–H and O–H groups in total. The minimum Gasteiger partial charge on any atom is -0.484 e. The Bertz CT molecular complexity index is 848. The Balaban J connectivity index is 1.53. The molecule has 0 spiro atoms. The van der Waals surface area contributed by atoms with Crippen LogP contribution < -0.4 is 10.1 Å². The molecule has 4 nitrogen and oxygen atoms in total. The molecular weight excluding hydrogens is 356 g/mol. The molecule has 128 valence electrons. The maximum Gasteiger partial charge on any atom is 0.258 e. The zero-order chi connectivity index (χ0) is 17.6. The van der Waals surface area contributed by atoms with Crippen molar-refractivity contribution in [2.24, 2.45) is 0 Å². The van der Waals surface area contributed by atoms with E-state index in [-0.39, 0.29) is 12.5 Å². The van der Waals surface area contributed by atoms with E-state index in [0.29, 0.717) is 17.3 Å². The van der Waals surface area contributed by atoms with Crippen LogP contribution in [0.1, 0.15) is 10.6 Å². The number of thiazole rings is 1. The highest BCUT2D eigenvalue weighted by molar-refractivity contribution is 7.15. The molecule has 0 aliphatic rings. The van der Waals surface area contributed by atoms with Crippen molar-refractivity contribution in [2.75, 3.05) is 6.61 Å². The van der Waals surface area contributed by atoms with Gasteiger partial charge >= 0.3 is 0 Å². The number of ether oxygens (including phenoxy) is 1. The summed E-state index contributed by atoms with van der Waals surface area (Å²) in [7, 11) is 0. The Kier molecular flexibility index (Phi) is 5.68. The number of benzene rings is 2. The van der Waals surface area contributed by atoms with Crippen molar-refractivity contribution < 1.29 is 9.53 Å². The van der Waals surface area contributed by atoms with Gasteiger partial charge in [0, 0.05) is 15.5 Å². The topological polar surface area (TPSA) is 51.2 Å². The molecular formula is C19H17ClN2O2S. The predicted molar refractivity (Wildman–Crippen MR) is 101 cm³/mol. The fraction of sp³-hybridized carbons (Fsp3) is 0.158. The Morgan fingerprint density at radius 2 is 1.88 bits per heavy atom. The van der Waals surface area contributed by atoms with E-state index in [1.165, 1.54) is 0 Å². The standard InChI is InChI=1S/C19H17ClN2O2S/c1-13-17(25-19(22-13)14-5-3-2-4-6-14)11-21-18(23)12-24-16-9-7-15(20)8-10-16/h2-10H,11-12H2,1H3,(H,21,23). The summed E-state index contributed by atoms with van der Waals surface area (Å²) in [5, 5.41) is 4.46. The molecule has 1 amide bonds. The molecule has 25 heavy (non-hydrogen) atoms. The average molecular weight is 373 g/mol. The van der Waals surface area contributed by atoms with Gasteiger partial charge in [0.15, 0.2) is 6.61 Å². The monoisotopic (exact) mass is 372 g/mol. The molecule has 3 rings (SSSR count). The summed E-state index contributed by atoms with van der Waals surface area (Å²) in [4.78, 5) is 17.6. The summed E-state index contributed by atoms with van der Waals surface area (Å²) in [5.41, 5.74) is 2.02. The summed E-state index contributed by atoms with van der Waals surface area (Å²) in [6, 6.07) is 16.9. The van der Waals surface area contributed by atoms with E-state index in [9.17, 15) is 4.79 Å². The predicted octanol–water partition coefficient (Wildman–Crippen LogP) is 4.47. The number of carbonyl (C=O) groups excluding carboxylic acids is 1. The second kappa shape index (κ2) is 8.14. The van der Waals surface area contributed by atoms with Crippen LogP contribution in [0.2, 0.25) is 5.02 Å². The van der Waals surface area contributed by atoms with E-state index >= 15 is 0 Å². The lowest BCUT2D eigenvalue weighted by molar-refractivity contribution is -0.123. The van der Waals surface area contributed by atoms with Crippen LogP contribution in [0.4, 0.5) is 0 Å². The highest BCUT2D eigenvalue weighted by atomic mass is 35.5. The molecule has 0 aliphatic heterocycles. The first-order chi connectivity index (χ1) is 12.1. The van der Waals surface area contributed by atoms with Crippen LogP contribution in [0.5, 0.6) is 5.75 Å². The van der Waals surface area contributed by atoms with Crippen molar-refractivity contribution in [1.29, 1.82) is 0 Å². The molecule has 0 saturated heterocycles. The van der Waals surface area contributed by atoms with Crippen molar-refractivity contribution in [1.82, 2.24) is 10.3 Å². The first-order valence-corrected chi connectivity index (χ1v) is 8.98. The Morgan fingerprint density at radius 3 is 2.60 bits per heavy atom. The number of carbonyl (C=O) groups is 1. The largest absolute Gasteiger partial charge is 0.484 e. The van der Waals surface area contributed by atoms with Crippen LogP contribution in [-0.2, 0) is 11.3 Å². The third-order valence-corrected chi connectivity index (χ3v) is 5.00. The third kappa shape index (κ3) is 4.81. The van der Waals surface area contributed by atoms with Crippen LogP contribution in [-0.4, -0.2) is 17.5 Å². The van der Waals surface area contributed by atoms with Crippen molar-refractivity contribution in [3.63, 3.8) is 0 Å². The lowest BCUT2D eigenvalue weighted by Gasteiger charge is -2.07. The highest BCUT2D eigenvalue weighted by Crippen LogP contribution is 2.27. The highest BCUT2D eigenvalue weighted by Gasteiger charge is 2.10. The summed E-state index contributed by atoms with van der Waals surface area (Å²) in [6.07, 6.45) is 0. The maximum absolute atomic E-state index is 12.0. The maximum atomic E-state index is 12.0. The molecule has 0 saturated carbocycles. The van der Waals surface area contributed by atoms with E-state index in [1.54, 1.807) is 35.6 Å². The van der Waals surface area contributed by atoms with Crippen LogP contribution >= 0.6 is 22.9 Å². The molecule has 0 fully saturated rings. The average Bonchev–Trinajstić information content (AvgIpc) is 3.01. The summed E-state index contributed by atoms with van der Waals surface area (Å²) in [6.45, 7) is 2.36. The van der Waals surface area contributed by atoms with Crippen molar-refractivity contribution >= 4 is 28.8 Å². The molecule has 0 radical (unpaired) electrons. The van der Waals surface area contributed by atoms with E-state index in [0.717, 1.165) is 21.1 Å². The molecule has 0 bridgehead atoms. The van der Waals surface area contributed by atoms with Crippen LogP contribution in [0.15, 0.2) is 54.6 Å². The molecule has 0 atom stereocenters. The fourth-order valence-corrected chi connectivity index (χ4v) is 3.34. The number of rotatable bonds is 6. The van der Waals surface area contributed by atoms with Crippen LogP contribution in [0.3, 0.4) is 0 Å². The normalized spacial score (nSPS) is 10.5. The minimum atomic E-state index is -0.177. The molecule has 1 heterocycles. The van der Waals surface area contributed by atoms with Gasteiger partial charge < -0.3 is 10.1 Å². The number of hydrogen-bond acceptors (Lipinski definition) is 4. The van der Waals surface area contributed by atoms with Crippen molar-refractivity contribution in [2.45, 2.75) is 13.5 Å². The van der Waals surface area contributed by atoms with Gasteiger partial charge in [-0.05, 0) is 31.2 Å². The second-order valence-electron chi connectivity index (χ2n) is 5.41. The van der Waals surface area contributed by atoms with Crippen molar-refractivity contribution in [3.8, 4) is 16.3 Å². The van der Waals surface area contributed by atoms with Gasteiger partial charge in [0.1, 0.15) is 10.8 Å². The Morgan fingerprint density at radius 1 is 1.16 bits per heavy atom. The number of halogens is 1. The molecule has 0 aliphatic carbocycles. The number of nitrogens with one attached hydrogen (secondary N) is 1. The molecule has 1 aromatic heterocycles. The van der Waals surface area contributed by atoms with Crippen molar-refractivity contribution in [3.05, 3.63) is 70.2 Å². The lowest BCUT2D eigenvalue weighted by atomic mass is 10.2. The molecule has 0 unspecified atom stereocenters. The molecule has 3 aromatic rings. The van der Waals surface area contributed by atoms with E-state index in [1.807, 2.05) is 37.3 Å². The summed E-state index contributed by atoms with van der Waals surface area (Å²) >= 11 is 7.40. The van der Waals surface area contributed by atoms with Gasteiger partial charge in [-0.1, -0.05) is 41.9 Å². The quantitative estimate of drug-likeness (QED) is 0.694. The fourth-order valence-electron chi connectivity index (χ4n) is 2.21. The van der Waals surface area contributed by atoms with E-state index in [2.05, 4.69) is 10.3 Å². The van der Waals surface area contributed by atoms with Gasteiger partial charge in [-0.15, -0.1) is 11.3 Å². The third-order valence-electron chi connectivity index (χ3n) is 3.54. The number of aromatic nitrogens is 1. The Labute approximate surface area is 155 Å².